The molecule has 2 aliphatic rings. The van der Waals surface area contributed by atoms with Gasteiger partial charge in [0.05, 0.1) is 0 Å². The molecule has 0 spiro atoms. The summed E-state index contributed by atoms with van der Waals surface area (Å²) in [6.07, 6.45) is 13.9. The fourth-order valence-corrected chi connectivity index (χ4v) is 4.11. The summed E-state index contributed by atoms with van der Waals surface area (Å²) in [5, 5.41) is 7.55. The highest BCUT2D eigenvalue weighted by Crippen LogP contribution is 2.29. The van der Waals surface area contributed by atoms with Gasteiger partial charge >= 0.3 is 0 Å². The van der Waals surface area contributed by atoms with Crippen molar-refractivity contribution in [3.05, 3.63) is 12.3 Å². The van der Waals surface area contributed by atoms with Crippen LogP contribution in [-0.2, 0) is 0 Å². The SMILES string of the molecule is C=C(C(NCCNC1CCCCC1)C1CCCCC1)N(C)C. The fourth-order valence-electron chi connectivity index (χ4n) is 4.11. The first-order chi connectivity index (χ1) is 10.7. The third kappa shape index (κ3) is 5.58. The second-order valence-corrected chi connectivity index (χ2v) is 7.50. The fraction of sp³-hybridized carbons (Fsp3) is 0.895. The minimum atomic E-state index is 0.462. The lowest BCUT2D eigenvalue weighted by molar-refractivity contribution is 0.261. The Balaban J connectivity index is 1.74. The van der Waals surface area contributed by atoms with Crippen LogP contribution in [0.1, 0.15) is 64.2 Å². The first kappa shape index (κ1) is 17.8. The Kier molecular flexibility index (Phi) is 7.74. The van der Waals surface area contributed by atoms with Crippen LogP contribution in [-0.4, -0.2) is 44.2 Å². The lowest BCUT2D eigenvalue weighted by Gasteiger charge is -2.35. The van der Waals surface area contributed by atoms with Gasteiger partial charge in [-0.15, -0.1) is 0 Å². The predicted molar refractivity (Wildman–Crippen MR) is 96.1 cm³/mol. The molecule has 128 valence electrons. The molecule has 2 aliphatic carbocycles. The van der Waals surface area contributed by atoms with Crippen LogP contribution < -0.4 is 10.6 Å². The first-order valence-electron chi connectivity index (χ1n) is 9.51. The van der Waals surface area contributed by atoms with Gasteiger partial charge < -0.3 is 15.5 Å². The van der Waals surface area contributed by atoms with E-state index in [1.807, 2.05) is 0 Å². The molecule has 0 aromatic heterocycles. The van der Waals surface area contributed by atoms with Crippen LogP contribution >= 0.6 is 0 Å². The third-order valence-electron chi connectivity index (χ3n) is 5.58. The summed E-state index contributed by atoms with van der Waals surface area (Å²) in [4.78, 5) is 2.20. The maximum atomic E-state index is 4.34. The standard InChI is InChI=1S/C19H37N3/c1-16(22(2)3)19(17-10-6-4-7-11-17)21-15-14-20-18-12-8-5-9-13-18/h17-21H,1,4-15H2,2-3H3. The average molecular weight is 308 g/mol. The minimum absolute atomic E-state index is 0.462. The van der Waals surface area contributed by atoms with Crippen molar-refractivity contribution < 1.29 is 0 Å². The summed E-state index contributed by atoms with van der Waals surface area (Å²) in [5.74, 6) is 0.776. The van der Waals surface area contributed by atoms with Gasteiger partial charge in [0, 0.05) is 45.0 Å². The Labute approximate surface area is 137 Å². The zero-order valence-corrected chi connectivity index (χ0v) is 14.9. The highest BCUT2D eigenvalue weighted by Gasteiger charge is 2.26. The van der Waals surface area contributed by atoms with Crippen LogP contribution in [0.2, 0.25) is 0 Å². The quantitative estimate of drug-likeness (QED) is 0.672. The van der Waals surface area contributed by atoms with E-state index in [-0.39, 0.29) is 0 Å². The molecule has 0 amide bonds. The van der Waals surface area contributed by atoms with E-state index in [1.165, 1.54) is 69.9 Å². The summed E-state index contributed by atoms with van der Waals surface area (Å²) in [6, 6.07) is 1.23. The van der Waals surface area contributed by atoms with Crippen molar-refractivity contribution in [1.29, 1.82) is 0 Å². The Morgan fingerprint density at radius 1 is 0.955 bits per heavy atom. The van der Waals surface area contributed by atoms with Crippen LogP contribution in [0.25, 0.3) is 0 Å². The van der Waals surface area contributed by atoms with Crippen molar-refractivity contribution in [3.8, 4) is 0 Å². The van der Waals surface area contributed by atoms with Gasteiger partial charge in [-0.1, -0.05) is 45.1 Å². The van der Waals surface area contributed by atoms with Gasteiger partial charge in [-0.05, 0) is 31.6 Å². The Morgan fingerprint density at radius 2 is 1.55 bits per heavy atom. The van der Waals surface area contributed by atoms with Crippen LogP contribution in [0.5, 0.6) is 0 Å². The van der Waals surface area contributed by atoms with E-state index in [0.29, 0.717) is 6.04 Å². The van der Waals surface area contributed by atoms with Gasteiger partial charge in [0.2, 0.25) is 0 Å². The van der Waals surface area contributed by atoms with Gasteiger partial charge in [0.25, 0.3) is 0 Å². The largest absolute Gasteiger partial charge is 0.380 e. The molecule has 1 atom stereocenters. The molecule has 0 bridgehead atoms. The lowest BCUT2D eigenvalue weighted by atomic mass is 9.82. The number of hydrogen-bond donors (Lipinski definition) is 2. The average Bonchev–Trinajstić information content (AvgIpc) is 2.56. The molecule has 3 nitrogen and oxygen atoms in total. The van der Waals surface area contributed by atoms with E-state index >= 15 is 0 Å². The number of nitrogens with zero attached hydrogens (tertiary/aromatic N) is 1. The smallest absolute Gasteiger partial charge is 0.0494 e. The zero-order valence-electron chi connectivity index (χ0n) is 14.9. The molecule has 2 fully saturated rings. The van der Waals surface area contributed by atoms with Crippen LogP contribution in [0.3, 0.4) is 0 Å². The maximum absolute atomic E-state index is 4.34. The third-order valence-corrected chi connectivity index (χ3v) is 5.58. The number of likely N-dealkylation sites (N-methyl/N-ethyl adjacent to an activating group) is 1. The molecule has 0 aromatic rings. The van der Waals surface area contributed by atoms with Crippen LogP contribution in [0, 0.1) is 5.92 Å². The van der Waals surface area contributed by atoms with Crippen molar-refractivity contribution in [2.75, 3.05) is 27.2 Å². The van der Waals surface area contributed by atoms with Crippen molar-refractivity contribution >= 4 is 0 Å². The molecule has 2 rings (SSSR count). The number of hydrogen-bond acceptors (Lipinski definition) is 3. The molecule has 2 saturated carbocycles. The highest BCUT2D eigenvalue weighted by molar-refractivity contribution is 5.06. The van der Waals surface area contributed by atoms with Gasteiger partial charge in [0.1, 0.15) is 0 Å². The second kappa shape index (κ2) is 9.57. The summed E-state index contributed by atoms with van der Waals surface area (Å²) in [7, 11) is 4.25. The Morgan fingerprint density at radius 3 is 2.14 bits per heavy atom. The minimum Gasteiger partial charge on any atom is -0.380 e. The Bertz CT molecular complexity index is 315. The number of nitrogens with one attached hydrogen (secondary N) is 2. The first-order valence-corrected chi connectivity index (χ1v) is 9.51. The van der Waals surface area contributed by atoms with Gasteiger partial charge in [-0.25, -0.2) is 0 Å². The van der Waals surface area contributed by atoms with Gasteiger partial charge in [-0.2, -0.15) is 0 Å². The van der Waals surface area contributed by atoms with Crippen molar-refractivity contribution in [1.82, 2.24) is 15.5 Å². The maximum Gasteiger partial charge on any atom is 0.0494 e. The summed E-state index contributed by atoms with van der Waals surface area (Å²) in [5.41, 5.74) is 1.25. The molecule has 3 heteroatoms. The summed E-state index contributed by atoms with van der Waals surface area (Å²) < 4.78 is 0. The van der Waals surface area contributed by atoms with Crippen LogP contribution in [0.15, 0.2) is 12.3 Å². The summed E-state index contributed by atoms with van der Waals surface area (Å²) >= 11 is 0. The normalized spacial score (nSPS) is 22.5. The van der Waals surface area contributed by atoms with E-state index in [1.54, 1.807) is 0 Å². The molecule has 0 radical (unpaired) electrons. The monoisotopic (exact) mass is 307 g/mol. The summed E-state index contributed by atoms with van der Waals surface area (Å²) in [6.45, 7) is 6.49. The topological polar surface area (TPSA) is 27.3 Å². The molecular weight excluding hydrogens is 270 g/mol. The van der Waals surface area contributed by atoms with E-state index in [4.69, 9.17) is 0 Å². The predicted octanol–water partition coefficient (Wildman–Crippen LogP) is 3.52. The van der Waals surface area contributed by atoms with E-state index in [2.05, 4.69) is 36.2 Å². The van der Waals surface area contributed by atoms with Crippen molar-refractivity contribution in [2.45, 2.75) is 76.3 Å². The lowest BCUT2D eigenvalue weighted by Crippen LogP contribution is -2.45. The van der Waals surface area contributed by atoms with Crippen molar-refractivity contribution in [3.63, 3.8) is 0 Å². The van der Waals surface area contributed by atoms with E-state index in [0.717, 1.165) is 25.0 Å². The molecule has 1 unspecified atom stereocenters. The number of rotatable bonds is 8. The molecule has 22 heavy (non-hydrogen) atoms. The highest BCUT2D eigenvalue weighted by atomic mass is 15.1. The van der Waals surface area contributed by atoms with E-state index < -0.39 is 0 Å². The molecule has 0 heterocycles. The van der Waals surface area contributed by atoms with E-state index in [9.17, 15) is 0 Å². The molecule has 0 aromatic carbocycles. The van der Waals surface area contributed by atoms with Gasteiger partial charge in [-0.3, -0.25) is 0 Å². The van der Waals surface area contributed by atoms with Crippen molar-refractivity contribution in [2.24, 2.45) is 5.92 Å². The Hall–Kier alpha value is -0.540. The van der Waals surface area contributed by atoms with Gasteiger partial charge in [0.15, 0.2) is 0 Å². The molecule has 2 N–H and O–H groups in total. The van der Waals surface area contributed by atoms with Crippen LogP contribution in [0.4, 0.5) is 0 Å². The molecule has 0 saturated heterocycles. The second-order valence-electron chi connectivity index (χ2n) is 7.50. The molecular formula is C19H37N3. The molecule has 0 aliphatic heterocycles. The zero-order chi connectivity index (χ0) is 15.8.